The van der Waals surface area contributed by atoms with Crippen molar-refractivity contribution in [1.82, 2.24) is 5.32 Å². The predicted octanol–water partition coefficient (Wildman–Crippen LogP) is 6.73. The minimum atomic E-state index is -1.77. The molecule has 8 nitrogen and oxygen atoms in total. The number of esters is 1. The summed E-state index contributed by atoms with van der Waals surface area (Å²) in [5.41, 5.74) is -1.59. The maximum atomic E-state index is 14.5. The Labute approximate surface area is 270 Å². The zero-order valence-electron chi connectivity index (χ0n) is 25.0. The summed E-state index contributed by atoms with van der Waals surface area (Å²) in [5.74, 6) is -2.17. The molecule has 0 fully saturated rings. The first-order chi connectivity index (χ1) is 21.3. The van der Waals surface area contributed by atoms with E-state index in [9.17, 15) is 18.4 Å². The molecule has 1 amide bonds. The van der Waals surface area contributed by atoms with Crippen molar-refractivity contribution in [1.29, 1.82) is 0 Å². The van der Waals surface area contributed by atoms with E-state index in [-0.39, 0.29) is 42.5 Å². The van der Waals surface area contributed by atoms with Gasteiger partial charge in [0.1, 0.15) is 23.0 Å². The van der Waals surface area contributed by atoms with Crippen LogP contribution in [0, 0.1) is 11.6 Å². The van der Waals surface area contributed by atoms with Crippen molar-refractivity contribution < 1.29 is 37.7 Å². The minimum absolute atomic E-state index is 0.00137. The standard InChI is InChI=1S/C33H34Cl2F2N2O6/c1-32(2,3)45-28(41)13-14-33(31(42)38-19-21-5-9-23(36)18-27(21)37)29(25-12-8-22(34)17-26(25)35)44-30(39-33)20-6-10-24(11-7-20)43-16-4-15-40/h5-12,17-18,29,40H,4,13-16,19H2,1-3H3,(H,38,42)/t29-,33-/m1/s1. The molecular weight excluding hydrogens is 629 g/mol. The molecular formula is C33H34Cl2F2N2O6. The molecule has 2 atom stereocenters. The third-order valence-corrected chi connectivity index (χ3v) is 7.42. The number of carbonyl (C=O) groups is 2. The van der Waals surface area contributed by atoms with Gasteiger partial charge >= 0.3 is 5.97 Å². The van der Waals surface area contributed by atoms with E-state index in [1.165, 1.54) is 12.1 Å². The second-order valence-corrected chi connectivity index (χ2v) is 12.3. The Kier molecular flexibility index (Phi) is 11.1. The quantitative estimate of drug-likeness (QED) is 0.165. The summed E-state index contributed by atoms with van der Waals surface area (Å²) >= 11 is 12.8. The number of aliphatic hydroxyl groups is 1. The molecule has 0 aromatic heterocycles. The van der Waals surface area contributed by atoms with E-state index in [0.717, 1.165) is 12.1 Å². The van der Waals surface area contributed by atoms with Crippen molar-refractivity contribution in [2.45, 2.75) is 63.8 Å². The number of nitrogens with one attached hydrogen (secondary N) is 1. The molecule has 1 aliphatic heterocycles. The number of nitrogens with zero attached hydrogens (tertiary/aromatic N) is 1. The van der Waals surface area contributed by atoms with E-state index >= 15 is 0 Å². The maximum Gasteiger partial charge on any atom is 0.306 e. The SMILES string of the molecule is CC(C)(C)OC(=O)CC[C@@]1(C(=O)NCc2ccc(F)cc2F)N=C(c2ccc(OCCCO)cc2)O[C@@H]1c1ccc(Cl)cc1Cl. The van der Waals surface area contributed by atoms with Gasteiger partial charge in [0.2, 0.25) is 5.90 Å². The van der Waals surface area contributed by atoms with Crippen LogP contribution in [0.5, 0.6) is 5.75 Å². The van der Waals surface area contributed by atoms with Gasteiger partial charge in [0.15, 0.2) is 11.6 Å². The van der Waals surface area contributed by atoms with Crippen LogP contribution >= 0.6 is 23.2 Å². The highest BCUT2D eigenvalue weighted by Gasteiger charge is 2.54. The van der Waals surface area contributed by atoms with Gasteiger partial charge in [-0.3, -0.25) is 9.59 Å². The second-order valence-electron chi connectivity index (χ2n) is 11.5. The smallest absolute Gasteiger partial charge is 0.306 e. The largest absolute Gasteiger partial charge is 0.494 e. The van der Waals surface area contributed by atoms with E-state index < -0.39 is 40.8 Å². The molecule has 0 saturated heterocycles. The molecule has 0 spiro atoms. The number of aliphatic hydroxyl groups excluding tert-OH is 1. The van der Waals surface area contributed by atoms with E-state index in [2.05, 4.69) is 5.32 Å². The summed E-state index contributed by atoms with van der Waals surface area (Å²) in [4.78, 5) is 31.9. The number of rotatable bonds is 12. The fraction of sp³-hybridized carbons (Fsp3) is 0.364. The number of amides is 1. The molecule has 0 radical (unpaired) electrons. The summed E-state index contributed by atoms with van der Waals surface area (Å²) < 4.78 is 45.5. The van der Waals surface area contributed by atoms with Crippen molar-refractivity contribution in [3.63, 3.8) is 0 Å². The number of hydrogen-bond donors (Lipinski definition) is 2. The normalized spacial score (nSPS) is 17.8. The Balaban J connectivity index is 1.76. The highest BCUT2D eigenvalue weighted by atomic mass is 35.5. The van der Waals surface area contributed by atoms with Crippen molar-refractivity contribution in [2.75, 3.05) is 13.2 Å². The highest BCUT2D eigenvalue weighted by molar-refractivity contribution is 6.35. The predicted molar refractivity (Wildman–Crippen MR) is 166 cm³/mol. The van der Waals surface area contributed by atoms with Crippen molar-refractivity contribution in [3.8, 4) is 5.75 Å². The van der Waals surface area contributed by atoms with Gasteiger partial charge in [-0.05, 0) is 69.7 Å². The topological polar surface area (TPSA) is 106 Å². The summed E-state index contributed by atoms with van der Waals surface area (Å²) in [6, 6.07) is 14.5. The number of carbonyl (C=O) groups excluding carboxylic acids is 2. The van der Waals surface area contributed by atoms with Gasteiger partial charge in [0.25, 0.3) is 5.91 Å². The Hall–Kier alpha value is -3.73. The first-order valence-corrected chi connectivity index (χ1v) is 15.1. The van der Waals surface area contributed by atoms with E-state index in [1.54, 1.807) is 57.2 Å². The average molecular weight is 664 g/mol. The average Bonchev–Trinajstić information content (AvgIpc) is 3.36. The fourth-order valence-electron chi connectivity index (χ4n) is 4.74. The zero-order valence-corrected chi connectivity index (χ0v) is 26.6. The van der Waals surface area contributed by atoms with Crippen LogP contribution in [0.25, 0.3) is 0 Å². The van der Waals surface area contributed by atoms with Crippen LogP contribution in [0.3, 0.4) is 0 Å². The van der Waals surface area contributed by atoms with Crippen LogP contribution in [0.15, 0.2) is 65.7 Å². The molecule has 0 unspecified atom stereocenters. The second kappa shape index (κ2) is 14.6. The van der Waals surface area contributed by atoms with Gasteiger partial charge < -0.3 is 24.6 Å². The Morgan fingerprint density at radius 1 is 1.07 bits per heavy atom. The first-order valence-electron chi connectivity index (χ1n) is 14.3. The van der Waals surface area contributed by atoms with Crippen LogP contribution in [0.4, 0.5) is 8.78 Å². The fourth-order valence-corrected chi connectivity index (χ4v) is 5.25. The lowest BCUT2D eigenvalue weighted by Crippen LogP contribution is -2.48. The Morgan fingerprint density at radius 3 is 2.44 bits per heavy atom. The first kappa shape index (κ1) is 34.1. The lowest BCUT2D eigenvalue weighted by atomic mass is 9.83. The molecule has 3 aromatic rings. The lowest BCUT2D eigenvalue weighted by Gasteiger charge is -2.31. The summed E-state index contributed by atoms with van der Waals surface area (Å²) in [5, 5.41) is 12.3. The molecule has 0 saturated carbocycles. The monoisotopic (exact) mass is 662 g/mol. The van der Waals surface area contributed by atoms with E-state index in [0.29, 0.717) is 34.9 Å². The number of ether oxygens (including phenoxy) is 3. The summed E-state index contributed by atoms with van der Waals surface area (Å²) in [6.07, 6.45) is -1.03. The molecule has 1 heterocycles. The number of halogens is 4. The van der Waals surface area contributed by atoms with Crippen molar-refractivity contribution in [3.05, 3.63) is 99.0 Å². The Morgan fingerprint density at radius 2 is 1.80 bits per heavy atom. The third kappa shape index (κ3) is 8.71. The molecule has 2 N–H and O–H groups in total. The van der Waals surface area contributed by atoms with Crippen molar-refractivity contribution >= 4 is 41.0 Å². The molecule has 12 heteroatoms. The van der Waals surface area contributed by atoms with Gasteiger partial charge in [-0.25, -0.2) is 13.8 Å². The summed E-state index contributed by atoms with van der Waals surface area (Å²) in [6.45, 7) is 5.23. The minimum Gasteiger partial charge on any atom is -0.494 e. The van der Waals surface area contributed by atoms with Crippen LogP contribution in [-0.2, 0) is 25.6 Å². The lowest BCUT2D eigenvalue weighted by molar-refractivity contribution is -0.155. The molecule has 3 aromatic carbocycles. The number of aliphatic imine (C=N–C) groups is 1. The van der Waals surface area contributed by atoms with Crippen LogP contribution < -0.4 is 10.1 Å². The number of hydrogen-bond acceptors (Lipinski definition) is 7. The van der Waals surface area contributed by atoms with Gasteiger partial charge in [0, 0.05) is 58.8 Å². The summed E-state index contributed by atoms with van der Waals surface area (Å²) in [7, 11) is 0. The molecule has 0 aliphatic carbocycles. The zero-order chi connectivity index (χ0) is 32.8. The van der Waals surface area contributed by atoms with Crippen LogP contribution in [0.1, 0.15) is 62.8 Å². The molecule has 240 valence electrons. The van der Waals surface area contributed by atoms with Crippen LogP contribution in [-0.4, -0.2) is 47.2 Å². The molecule has 1 aliphatic rings. The third-order valence-electron chi connectivity index (χ3n) is 6.86. The molecule has 45 heavy (non-hydrogen) atoms. The Bertz CT molecular complexity index is 1560. The van der Waals surface area contributed by atoms with Crippen molar-refractivity contribution in [2.24, 2.45) is 4.99 Å². The van der Waals surface area contributed by atoms with Gasteiger partial charge in [-0.15, -0.1) is 0 Å². The number of benzene rings is 3. The van der Waals surface area contributed by atoms with Gasteiger partial charge in [-0.2, -0.15) is 0 Å². The highest BCUT2D eigenvalue weighted by Crippen LogP contribution is 2.46. The van der Waals surface area contributed by atoms with E-state index in [4.69, 9.17) is 47.5 Å². The molecule has 0 bridgehead atoms. The van der Waals surface area contributed by atoms with E-state index in [1.807, 2.05) is 0 Å². The maximum absolute atomic E-state index is 14.5. The molecule has 4 rings (SSSR count). The van der Waals surface area contributed by atoms with Crippen LogP contribution in [0.2, 0.25) is 10.0 Å². The van der Waals surface area contributed by atoms with Gasteiger partial charge in [0.05, 0.1) is 6.61 Å². The van der Waals surface area contributed by atoms with Gasteiger partial charge in [-0.1, -0.05) is 35.3 Å².